The van der Waals surface area contributed by atoms with E-state index >= 15 is 0 Å². The van der Waals surface area contributed by atoms with E-state index < -0.39 is 75.6 Å². The van der Waals surface area contributed by atoms with E-state index in [1.165, 1.54) is 11.0 Å². The third-order valence-corrected chi connectivity index (χ3v) is 9.84. The number of rotatable bonds is 4. The van der Waals surface area contributed by atoms with Gasteiger partial charge < -0.3 is 30.8 Å². The number of nitrogens with one attached hydrogen (secondary N) is 1. The summed E-state index contributed by atoms with van der Waals surface area (Å²) in [5.74, 6) is -7.99. The summed E-state index contributed by atoms with van der Waals surface area (Å²) in [6.07, 6.45) is 3.26. The molecule has 4 aliphatic rings. The summed E-state index contributed by atoms with van der Waals surface area (Å²) in [5, 5.41) is 60.3. The van der Waals surface area contributed by atoms with Gasteiger partial charge in [0, 0.05) is 17.0 Å². The van der Waals surface area contributed by atoms with E-state index in [2.05, 4.69) is 5.32 Å². The van der Waals surface area contributed by atoms with Crippen LogP contribution in [-0.4, -0.2) is 85.3 Å². The topological polar surface area (TPSA) is 168 Å². The Morgan fingerprint density at radius 3 is 2.35 bits per heavy atom. The minimum Gasteiger partial charge on any atom is -0.510 e. The van der Waals surface area contributed by atoms with Crippen molar-refractivity contribution in [3.05, 3.63) is 52.0 Å². The highest BCUT2D eigenvalue weighted by atomic mass is 16.4. The van der Waals surface area contributed by atoms with Crippen molar-refractivity contribution in [2.45, 2.75) is 81.6 Å². The molecule has 0 aromatic heterocycles. The SMILES string of the molecule is CCC1(NC(=O)C2=C(O)[C@@H](N(C)C)[C@@H]3[C@@H](O)[C@H]4C(=C(O)[C@]3(O)C2=O)C(=O)c2c(O)cccc2[C@@H]4C)CCCCC1. The molecule has 5 rings (SSSR count). The number of carbonyl (C=O) groups excluding carboxylic acids is 3. The second-order valence-corrected chi connectivity index (χ2v) is 12.1. The standard InChI is InChI=1S/C30H38N2O8/c1-5-29(12-7-6-8-13-29)31-28(39)20-25(36)22(32(3)4)21-24(35)17-14(2)15-10-9-11-16(33)18(15)23(34)19(17)26(37)30(21,40)27(20)38/h9-11,14,17,21-22,24,33,35-37,40H,5-8,12-13H2,1-4H3,(H,31,39)/t14-,17+,21+,22-,24-,30-/m0/s1. The summed E-state index contributed by atoms with van der Waals surface area (Å²) in [6.45, 7) is 3.65. The molecule has 1 saturated carbocycles. The lowest BCUT2D eigenvalue weighted by molar-refractivity contribution is -0.162. The third-order valence-electron chi connectivity index (χ3n) is 9.84. The van der Waals surface area contributed by atoms with Crippen molar-refractivity contribution in [3.8, 4) is 5.75 Å². The van der Waals surface area contributed by atoms with Crippen molar-refractivity contribution in [3.63, 3.8) is 0 Å². The smallest absolute Gasteiger partial charge is 0.258 e. The number of fused-ring (bicyclic) bond motifs is 3. The van der Waals surface area contributed by atoms with E-state index in [0.717, 1.165) is 19.3 Å². The molecule has 0 bridgehead atoms. The predicted molar refractivity (Wildman–Crippen MR) is 145 cm³/mol. The highest BCUT2D eigenvalue weighted by molar-refractivity contribution is 6.25. The second-order valence-electron chi connectivity index (χ2n) is 12.1. The Bertz CT molecular complexity index is 1340. The molecule has 6 atom stereocenters. The summed E-state index contributed by atoms with van der Waals surface area (Å²) in [5.41, 5.74) is -4.15. The van der Waals surface area contributed by atoms with Crippen LogP contribution in [0.5, 0.6) is 5.75 Å². The van der Waals surface area contributed by atoms with Crippen LogP contribution in [0.15, 0.2) is 40.9 Å². The van der Waals surface area contributed by atoms with Gasteiger partial charge in [-0.2, -0.15) is 0 Å². The van der Waals surface area contributed by atoms with Gasteiger partial charge in [-0.1, -0.05) is 45.2 Å². The molecule has 4 aliphatic carbocycles. The maximum absolute atomic E-state index is 14.1. The Morgan fingerprint density at radius 1 is 1.10 bits per heavy atom. The van der Waals surface area contributed by atoms with Crippen LogP contribution in [0.2, 0.25) is 0 Å². The molecule has 40 heavy (non-hydrogen) atoms. The van der Waals surface area contributed by atoms with Gasteiger partial charge in [-0.25, -0.2) is 0 Å². The van der Waals surface area contributed by atoms with E-state index in [-0.39, 0.29) is 16.9 Å². The number of aliphatic hydroxyl groups excluding tert-OH is 3. The van der Waals surface area contributed by atoms with Gasteiger partial charge in [0.2, 0.25) is 5.78 Å². The maximum Gasteiger partial charge on any atom is 0.258 e. The number of Topliss-reactive ketones (excluding diaryl/α,β-unsaturated/α-hetero) is 2. The zero-order chi connectivity index (χ0) is 29.3. The molecule has 1 amide bonds. The average molecular weight is 555 g/mol. The molecular formula is C30H38N2O8. The zero-order valence-corrected chi connectivity index (χ0v) is 23.3. The van der Waals surface area contributed by atoms with Crippen molar-refractivity contribution in [1.82, 2.24) is 10.2 Å². The summed E-state index contributed by atoms with van der Waals surface area (Å²) in [6, 6.07) is 3.30. The normalized spacial score (nSPS) is 33.4. The first-order valence-electron chi connectivity index (χ1n) is 14.0. The van der Waals surface area contributed by atoms with Crippen LogP contribution < -0.4 is 5.32 Å². The molecule has 1 fully saturated rings. The van der Waals surface area contributed by atoms with E-state index in [1.54, 1.807) is 33.2 Å². The first kappa shape index (κ1) is 28.3. The Kier molecular flexibility index (Phi) is 6.88. The lowest BCUT2D eigenvalue weighted by Gasteiger charge is -2.53. The van der Waals surface area contributed by atoms with E-state index in [4.69, 9.17) is 0 Å². The van der Waals surface area contributed by atoms with Crippen molar-refractivity contribution >= 4 is 17.5 Å². The van der Waals surface area contributed by atoms with Gasteiger partial charge in [0.25, 0.3) is 5.91 Å². The van der Waals surface area contributed by atoms with Gasteiger partial charge in [-0.15, -0.1) is 0 Å². The van der Waals surface area contributed by atoms with Crippen LogP contribution in [-0.2, 0) is 9.59 Å². The van der Waals surface area contributed by atoms with Crippen molar-refractivity contribution in [1.29, 1.82) is 0 Å². The summed E-state index contributed by atoms with van der Waals surface area (Å²) < 4.78 is 0. The fourth-order valence-electron chi connectivity index (χ4n) is 7.66. The molecule has 0 heterocycles. The highest BCUT2D eigenvalue weighted by Crippen LogP contribution is 2.55. The second kappa shape index (κ2) is 9.71. The number of aromatic hydroxyl groups is 1. The lowest BCUT2D eigenvalue weighted by Crippen LogP contribution is -2.69. The van der Waals surface area contributed by atoms with Crippen molar-refractivity contribution in [2.75, 3.05) is 14.1 Å². The Balaban J connectivity index is 1.68. The molecule has 6 N–H and O–H groups in total. The van der Waals surface area contributed by atoms with Crippen LogP contribution in [0.25, 0.3) is 0 Å². The van der Waals surface area contributed by atoms with Gasteiger partial charge in [0.05, 0.1) is 23.6 Å². The molecule has 0 spiro atoms. The first-order chi connectivity index (χ1) is 18.8. The summed E-state index contributed by atoms with van der Waals surface area (Å²) in [7, 11) is 3.13. The van der Waals surface area contributed by atoms with Gasteiger partial charge >= 0.3 is 0 Å². The van der Waals surface area contributed by atoms with Gasteiger partial charge in [0.1, 0.15) is 22.8 Å². The van der Waals surface area contributed by atoms with Crippen molar-refractivity contribution < 1.29 is 39.9 Å². The number of amides is 1. The number of benzene rings is 1. The first-order valence-corrected chi connectivity index (χ1v) is 14.0. The fraction of sp³-hybridized carbons (Fsp3) is 0.567. The number of aliphatic hydroxyl groups is 4. The molecule has 0 unspecified atom stereocenters. The Labute approximate surface area is 233 Å². The third kappa shape index (κ3) is 3.76. The molecule has 0 saturated heterocycles. The van der Waals surface area contributed by atoms with E-state index in [0.29, 0.717) is 24.8 Å². The molecule has 216 valence electrons. The lowest BCUT2D eigenvalue weighted by atomic mass is 9.55. The molecular weight excluding hydrogens is 516 g/mol. The van der Waals surface area contributed by atoms with Crippen LogP contribution >= 0.6 is 0 Å². The molecule has 10 nitrogen and oxygen atoms in total. The molecule has 0 radical (unpaired) electrons. The number of hydrogen-bond donors (Lipinski definition) is 6. The van der Waals surface area contributed by atoms with Crippen LogP contribution in [0, 0.1) is 11.8 Å². The number of phenols is 1. The highest BCUT2D eigenvalue weighted by Gasteiger charge is 2.67. The Hall–Kier alpha value is -3.21. The minimum absolute atomic E-state index is 0.0759. The predicted octanol–water partition coefficient (Wildman–Crippen LogP) is 2.40. The average Bonchev–Trinajstić information content (AvgIpc) is 2.91. The zero-order valence-electron chi connectivity index (χ0n) is 23.3. The molecule has 0 aliphatic heterocycles. The summed E-state index contributed by atoms with van der Waals surface area (Å²) in [4.78, 5) is 42.9. The summed E-state index contributed by atoms with van der Waals surface area (Å²) >= 11 is 0. The van der Waals surface area contributed by atoms with Gasteiger partial charge in [-0.05, 0) is 50.9 Å². The van der Waals surface area contributed by atoms with Gasteiger partial charge in [-0.3, -0.25) is 19.3 Å². The Morgan fingerprint density at radius 2 is 1.75 bits per heavy atom. The minimum atomic E-state index is -2.87. The fourth-order valence-corrected chi connectivity index (χ4v) is 7.66. The monoisotopic (exact) mass is 554 g/mol. The van der Waals surface area contributed by atoms with Crippen LogP contribution in [0.1, 0.15) is 74.2 Å². The number of ketones is 2. The van der Waals surface area contributed by atoms with Crippen LogP contribution in [0.4, 0.5) is 0 Å². The number of phenolic OH excluding ortho intramolecular Hbond substituents is 1. The van der Waals surface area contributed by atoms with Gasteiger partial charge in [0.15, 0.2) is 11.4 Å². The quantitative estimate of drug-likeness (QED) is 0.306. The van der Waals surface area contributed by atoms with E-state index in [9.17, 15) is 39.9 Å². The molecule has 10 heteroatoms. The number of nitrogens with zero attached hydrogens (tertiary/aromatic N) is 1. The van der Waals surface area contributed by atoms with Crippen molar-refractivity contribution in [2.24, 2.45) is 11.8 Å². The number of carbonyl (C=O) groups is 3. The molecule has 1 aromatic carbocycles. The molecule has 1 aromatic rings. The maximum atomic E-state index is 14.1. The van der Waals surface area contributed by atoms with Crippen LogP contribution in [0.3, 0.4) is 0 Å². The largest absolute Gasteiger partial charge is 0.510 e. The van der Waals surface area contributed by atoms with E-state index in [1.807, 2.05) is 6.92 Å². The number of hydrogen-bond acceptors (Lipinski definition) is 9. The number of likely N-dealkylation sites (N-methyl/N-ethyl adjacent to an activating group) is 1.